The van der Waals surface area contributed by atoms with Gasteiger partial charge >= 0.3 is 0 Å². The summed E-state index contributed by atoms with van der Waals surface area (Å²) in [5.74, 6) is 0.398. The van der Waals surface area contributed by atoms with Crippen LogP contribution in [0.2, 0.25) is 0 Å². The molecule has 0 spiro atoms. The molecular formula is C14H11FN2OS. The summed E-state index contributed by atoms with van der Waals surface area (Å²) in [6, 6.07) is 10.2. The summed E-state index contributed by atoms with van der Waals surface area (Å²) in [6.07, 6.45) is 0. The Morgan fingerprint density at radius 3 is 2.84 bits per heavy atom. The molecule has 3 rings (SSSR count). The molecule has 2 aromatic carbocycles. The second-order valence-electron chi connectivity index (χ2n) is 4.06. The molecule has 0 bridgehead atoms. The van der Waals surface area contributed by atoms with E-state index in [0.29, 0.717) is 16.3 Å². The van der Waals surface area contributed by atoms with Crippen LogP contribution >= 0.6 is 11.3 Å². The molecule has 0 fully saturated rings. The van der Waals surface area contributed by atoms with Gasteiger partial charge in [0.1, 0.15) is 16.6 Å². The van der Waals surface area contributed by atoms with Crippen molar-refractivity contribution in [2.24, 2.45) is 0 Å². The Morgan fingerprint density at radius 2 is 2.11 bits per heavy atom. The van der Waals surface area contributed by atoms with Gasteiger partial charge in [-0.15, -0.1) is 11.3 Å². The SMILES string of the molecule is COc1ccc2nc(-c3c(N)cccc3F)sc2c1. The molecule has 1 heterocycles. The minimum atomic E-state index is -0.356. The van der Waals surface area contributed by atoms with Crippen molar-refractivity contribution in [3.63, 3.8) is 0 Å². The molecule has 0 amide bonds. The van der Waals surface area contributed by atoms with Gasteiger partial charge in [-0.05, 0) is 30.3 Å². The fraction of sp³-hybridized carbons (Fsp3) is 0.0714. The minimum absolute atomic E-state index is 0.356. The number of hydrogen-bond acceptors (Lipinski definition) is 4. The number of fused-ring (bicyclic) bond motifs is 1. The van der Waals surface area contributed by atoms with Gasteiger partial charge in [0.2, 0.25) is 0 Å². The van der Waals surface area contributed by atoms with Gasteiger partial charge < -0.3 is 10.5 Å². The smallest absolute Gasteiger partial charge is 0.135 e. The number of methoxy groups -OCH3 is 1. The number of nitrogen functional groups attached to an aromatic ring is 1. The van der Waals surface area contributed by atoms with Crippen molar-refractivity contribution in [1.82, 2.24) is 4.98 Å². The Balaban J connectivity index is 2.21. The van der Waals surface area contributed by atoms with E-state index in [1.165, 1.54) is 17.4 Å². The van der Waals surface area contributed by atoms with E-state index in [1.54, 1.807) is 19.2 Å². The predicted molar refractivity (Wildman–Crippen MR) is 76.0 cm³/mol. The van der Waals surface area contributed by atoms with Gasteiger partial charge in [-0.25, -0.2) is 9.37 Å². The topological polar surface area (TPSA) is 48.1 Å². The molecule has 0 aliphatic heterocycles. The maximum atomic E-state index is 13.9. The van der Waals surface area contributed by atoms with Gasteiger partial charge in [-0.3, -0.25) is 0 Å². The number of rotatable bonds is 2. The summed E-state index contributed by atoms with van der Waals surface area (Å²) in [4.78, 5) is 4.42. The molecule has 19 heavy (non-hydrogen) atoms. The third-order valence-electron chi connectivity index (χ3n) is 2.86. The average molecular weight is 274 g/mol. The predicted octanol–water partition coefficient (Wildman–Crippen LogP) is 3.69. The molecule has 0 saturated carbocycles. The fourth-order valence-electron chi connectivity index (χ4n) is 1.91. The summed E-state index contributed by atoms with van der Waals surface area (Å²) in [7, 11) is 1.61. The van der Waals surface area contributed by atoms with Crippen LogP contribution in [0.25, 0.3) is 20.8 Å². The van der Waals surface area contributed by atoms with Crippen LogP contribution in [-0.4, -0.2) is 12.1 Å². The average Bonchev–Trinajstić information content (AvgIpc) is 2.80. The Hall–Kier alpha value is -2.14. The molecule has 5 heteroatoms. The summed E-state index contributed by atoms with van der Waals surface area (Å²) < 4.78 is 20.0. The van der Waals surface area contributed by atoms with Gasteiger partial charge in [0.25, 0.3) is 0 Å². The number of hydrogen-bond donors (Lipinski definition) is 1. The Bertz CT molecular complexity index is 734. The molecule has 0 atom stereocenters. The summed E-state index contributed by atoms with van der Waals surface area (Å²) in [6.45, 7) is 0. The van der Waals surface area contributed by atoms with E-state index < -0.39 is 0 Å². The van der Waals surface area contributed by atoms with Crippen LogP contribution in [0.15, 0.2) is 36.4 Å². The Morgan fingerprint density at radius 1 is 1.26 bits per heavy atom. The van der Waals surface area contributed by atoms with Crippen LogP contribution in [0, 0.1) is 5.82 Å². The quantitative estimate of drug-likeness (QED) is 0.725. The summed E-state index contributed by atoms with van der Waals surface area (Å²) >= 11 is 1.40. The standard InChI is InChI=1S/C14H11FN2OS/c1-18-8-5-6-11-12(7-8)19-14(17-11)13-9(15)3-2-4-10(13)16/h2-7H,16H2,1H3. The number of halogens is 1. The Kier molecular flexibility index (Phi) is 2.83. The molecule has 2 N–H and O–H groups in total. The molecule has 0 radical (unpaired) electrons. The van der Waals surface area contributed by atoms with Gasteiger partial charge in [0.15, 0.2) is 0 Å². The maximum absolute atomic E-state index is 13.9. The minimum Gasteiger partial charge on any atom is -0.497 e. The molecule has 0 unspecified atom stereocenters. The molecule has 3 aromatic rings. The molecule has 3 nitrogen and oxygen atoms in total. The van der Waals surface area contributed by atoms with Crippen molar-refractivity contribution >= 4 is 27.2 Å². The first-order valence-corrected chi connectivity index (χ1v) is 6.49. The van der Waals surface area contributed by atoms with Crippen molar-refractivity contribution in [2.75, 3.05) is 12.8 Å². The highest BCUT2D eigenvalue weighted by molar-refractivity contribution is 7.21. The zero-order valence-electron chi connectivity index (χ0n) is 10.2. The van der Waals surface area contributed by atoms with Crippen LogP contribution in [-0.2, 0) is 0 Å². The molecule has 0 aliphatic carbocycles. The maximum Gasteiger partial charge on any atom is 0.135 e. The lowest BCUT2D eigenvalue weighted by Gasteiger charge is -2.02. The number of ether oxygens (including phenoxy) is 1. The highest BCUT2D eigenvalue weighted by Crippen LogP contribution is 2.36. The van der Waals surface area contributed by atoms with E-state index in [4.69, 9.17) is 10.5 Å². The number of nitrogens with two attached hydrogens (primary N) is 1. The van der Waals surface area contributed by atoms with E-state index in [9.17, 15) is 4.39 Å². The van der Waals surface area contributed by atoms with Crippen molar-refractivity contribution in [3.05, 3.63) is 42.2 Å². The summed E-state index contributed by atoms with van der Waals surface area (Å²) in [5, 5.41) is 0.582. The lowest BCUT2D eigenvalue weighted by atomic mass is 10.2. The monoisotopic (exact) mass is 274 g/mol. The van der Waals surface area contributed by atoms with Gasteiger partial charge in [0, 0.05) is 5.69 Å². The van der Waals surface area contributed by atoms with Crippen LogP contribution in [0.4, 0.5) is 10.1 Å². The largest absolute Gasteiger partial charge is 0.497 e. The van der Waals surface area contributed by atoms with E-state index in [-0.39, 0.29) is 5.82 Å². The lowest BCUT2D eigenvalue weighted by Crippen LogP contribution is -1.92. The zero-order valence-corrected chi connectivity index (χ0v) is 11.0. The van der Waals surface area contributed by atoms with Gasteiger partial charge in [-0.1, -0.05) is 6.07 Å². The first kappa shape index (κ1) is 11.9. The third kappa shape index (κ3) is 2.02. The van der Waals surface area contributed by atoms with Gasteiger partial charge in [0.05, 0.1) is 22.9 Å². The van der Waals surface area contributed by atoms with Crippen molar-refractivity contribution in [1.29, 1.82) is 0 Å². The van der Waals surface area contributed by atoms with Crippen LogP contribution in [0.3, 0.4) is 0 Å². The first-order chi connectivity index (χ1) is 9.19. The molecule has 1 aromatic heterocycles. The molecule has 0 saturated heterocycles. The number of benzene rings is 2. The van der Waals surface area contributed by atoms with Gasteiger partial charge in [-0.2, -0.15) is 0 Å². The van der Waals surface area contributed by atoms with E-state index in [1.807, 2.05) is 18.2 Å². The third-order valence-corrected chi connectivity index (χ3v) is 3.89. The zero-order chi connectivity index (χ0) is 13.4. The van der Waals surface area contributed by atoms with Crippen LogP contribution in [0.1, 0.15) is 0 Å². The van der Waals surface area contributed by atoms with Crippen LogP contribution in [0.5, 0.6) is 5.75 Å². The lowest BCUT2D eigenvalue weighted by molar-refractivity contribution is 0.415. The van der Waals surface area contributed by atoms with E-state index in [2.05, 4.69) is 4.98 Å². The van der Waals surface area contributed by atoms with Crippen molar-refractivity contribution in [2.45, 2.75) is 0 Å². The fourth-order valence-corrected chi connectivity index (χ4v) is 2.97. The molecule has 0 aliphatic rings. The van der Waals surface area contributed by atoms with E-state index >= 15 is 0 Å². The number of nitrogens with zero attached hydrogens (tertiary/aromatic N) is 1. The molecular weight excluding hydrogens is 263 g/mol. The second-order valence-corrected chi connectivity index (χ2v) is 5.09. The second kappa shape index (κ2) is 4.51. The number of thiazole rings is 1. The summed E-state index contributed by atoms with van der Waals surface area (Å²) in [5.41, 5.74) is 7.40. The molecule has 96 valence electrons. The van der Waals surface area contributed by atoms with E-state index in [0.717, 1.165) is 16.0 Å². The van der Waals surface area contributed by atoms with Crippen molar-refractivity contribution in [3.8, 4) is 16.3 Å². The highest BCUT2D eigenvalue weighted by Gasteiger charge is 2.14. The highest BCUT2D eigenvalue weighted by atomic mass is 32.1. The number of anilines is 1. The first-order valence-electron chi connectivity index (χ1n) is 5.68. The van der Waals surface area contributed by atoms with Crippen molar-refractivity contribution < 1.29 is 9.13 Å². The number of aromatic nitrogens is 1. The van der Waals surface area contributed by atoms with Crippen LogP contribution < -0.4 is 10.5 Å². The normalized spacial score (nSPS) is 10.8. The Labute approximate surface area is 113 Å².